The minimum Gasteiger partial charge on any atom is -0.303 e. The van der Waals surface area contributed by atoms with Gasteiger partial charge in [0.1, 0.15) is 5.84 Å². The standard InChI is InChI=1S/C5H7IN2O/c1-8-4(9)2-3(6)5(8)7/h3,7H,2H2,1H3. The number of nitrogens with one attached hydrogen (secondary N) is 1. The molecule has 1 N–H and O–H groups in total. The number of hydrogen-bond acceptors (Lipinski definition) is 2. The van der Waals surface area contributed by atoms with E-state index in [1.54, 1.807) is 7.05 Å². The molecular weight excluding hydrogens is 231 g/mol. The molecule has 0 saturated carbocycles. The summed E-state index contributed by atoms with van der Waals surface area (Å²) in [6.45, 7) is 0. The monoisotopic (exact) mass is 238 g/mol. The number of halogens is 1. The van der Waals surface area contributed by atoms with Crippen LogP contribution in [0, 0.1) is 5.41 Å². The minimum absolute atomic E-state index is 0.0550. The van der Waals surface area contributed by atoms with Gasteiger partial charge in [0.25, 0.3) is 0 Å². The largest absolute Gasteiger partial charge is 0.303 e. The molecule has 1 heterocycles. The molecule has 3 nitrogen and oxygen atoms in total. The molecule has 0 radical (unpaired) electrons. The van der Waals surface area contributed by atoms with Crippen LogP contribution in [-0.4, -0.2) is 27.6 Å². The smallest absolute Gasteiger partial charge is 0.229 e. The van der Waals surface area contributed by atoms with Gasteiger partial charge < -0.3 is 4.90 Å². The van der Waals surface area contributed by atoms with Crippen LogP contribution in [0.1, 0.15) is 6.42 Å². The van der Waals surface area contributed by atoms with Gasteiger partial charge >= 0.3 is 0 Å². The van der Waals surface area contributed by atoms with Crippen molar-refractivity contribution in [2.75, 3.05) is 7.05 Å². The molecule has 9 heavy (non-hydrogen) atoms. The first-order valence-electron chi connectivity index (χ1n) is 2.62. The summed E-state index contributed by atoms with van der Waals surface area (Å²) in [5.74, 6) is 0.486. The van der Waals surface area contributed by atoms with Crippen molar-refractivity contribution in [1.29, 1.82) is 5.41 Å². The van der Waals surface area contributed by atoms with E-state index < -0.39 is 0 Å². The molecule has 0 aromatic rings. The first-order valence-corrected chi connectivity index (χ1v) is 3.86. The fourth-order valence-corrected chi connectivity index (χ4v) is 1.53. The maximum absolute atomic E-state index is 10.8. The molecule has 1 saturated heterocycles. The Bertz CT molecular complexity index is 168. The zero-order valence-electron chi connectivity index (χ0n) is 5.02. The van der Waals surface area contributed by atoms with Crippen LogP contribution in [0.4, 0.5) is 0 Å². The first-order chi connectivity index (χ1) is 4.13. The molecule has 0 aromatic carbocycles. The van der Waals surface area contributed by atoms with E-state index in [1.807, 2.05) is 0 Å². The van der Waals surface area contributed by atoms with Crippen LogP contribution in [0.5, 0.6) is 0 Å². The fourth-order valence-electron chi connectivity index (χ4n) is 0.731. The van der Waals surface area contributed by atoms with Crippen molar-refractivity contribution in [2.24, 2.45) is 0 Å². The van der Waals surface area contributed by atoms with Crippen molar-refractivity contribution in [3.05, 3.63) is 0 Å². The highest BCUT2D eigenvalue weighted by molar-refractivity contribution is 14.1. The topological polar surface area (TPSA) is 44.2 Å². The molecule has 1 aliphatic rings. The third-order valence-electron chi connectivity index (χ3n) is 1.39. The van der Waals surface area contributed by atoms with Crippen molar-refractivity contribution in [3.8, 4) is 0 Å². The van der Waals surface area contributed by atoms with Gasteiger partial charge in [-0.25, -0.2) is 0 Å². The Morgan fingerprint density at radius 1 is 1.89 bits per heavy atom. The Kier molecular flexibility index (Phi) is 1.74. The van der Waals surface area contributed by atoms with Crippen molar-refractivity contribution in [3.63, 3.8) is 0 Å². The Hall–Kier alpha value is -0.130. The van der Waals surface area contributed by atoms with E-state index >= 15 is 0 Å². The van der Waals surface area contributed by atoms with Gasteiger partial charge in [0.15, 0.2) is 0 Å². The normalized spacial score (nSPS) is 27.8. The molecular formula is C5H7IN2O. The maximum atomic E-state index is 10.8. The predicted molar refractivity (Wildman–Crippen MR) is 42.9 cm³/mol. The predicted octanol–water partition coefficient (Wildman–Crippen LogP) is 0.629. The summed E-state index contributed by atoms with van der Waals surface area (Å²) >= 11 is 2.10. The zero-order valence-corrected chi connectivity index (χ0v) is 7.18. The number of rotatable bonds is 0. The molecule has 50 valence electrons. The molecule has 4 heteroatoms. The van der Waals surface area contributed by atoms with Crippen LogP contribution in [0.25, 0.3) is 0 Å². The highest BCUT2D eigenvalue weighted by Gasteiger charge is 2.30. The lowest BCUT2D eigenvalue weighted by Crippen LogP contribution is -2.25. The average Bonchev–Trinajstić information content (AvgIpc) is 1.98. The molecule has 1 aliphatic heterocycles. The SMILES string of the molecule is CN1C(=N)C(I)CC1=O. The molecule has 0 bridgehead atoms. The molecule has 1 fully saturated rings. The Morgan fingerprint density at radius 3 is 2.56 bits per heavy atom. The van der Waals surface area contributed by atoms with E-state index in [0.717, 1.165) is 0 Å². The number of hydrogen-bond donors (Lipinski definition) is 1. The second-order valence-corrected chi connectivity index (χ2v) is 3.51. The quantitative estimate of drug-likeness (QED) is 0.488. The van der Waals surface area contributed by atoms with Gasteiger partial charge in [0.2, 0.25) is 5.91 Å². The summed E-state index contributed by atoms with van der Waals surface area (Å²) in [7, 11) is 1.64. The summed E-state index contributed by atoms with van der Waals surface area (Å²) in [6, 6.07) is 0. The number of amides is 1. The second kappa shape index (κ2) is 2.24. The summed E-state index contributed by atoms with van der Waals surface area (Å²) in [5.41, 5.74) is 0. The molecule has 0 aromatic heterocycles. The fraction of sp³-hybridized carbons (Fsp3) is 0.600. The number of amidine groups is 1. The van der Waals surface area contributed by atoms with Crippen LogP contribution in [-0.2, 0) is 4.79 Å². The molecule has 0 aliphatic carbocycles. The van der Waals surface area contributed by atoms with Crippen LogP contribution in [0.2, 0.25) is 0 Å². The van der Waals surface area contributed by atoms with Gasteiger partial charge in [0.05, 0.1) is 3.92 Å². The van der Waals surface area contributed by atoms with Crippen molar-refractivity contribution >= 4 is 34.3 Å². The van der Waals surface area contributed by atoms with Crippen molar-refractivity contribution in [1.82, 2.24) is 4.90 Å². The third-order valence-corrected chi connectivity index (χ3v) is 2.42. The lowest BCUT2D eigenvalue weighted by Gasteiger charge is -2.06. The number of likely N-dealkylation sites (tertiary alicyclic amines) is 1. The average molecular weight is 238 g/mol. The van der Waals surface area contributed by atoms with E-state index in [0.29, 0.717) is 12.3 Å². The molecule has 1 amide bonds. The number of carbonyl (C=O) groups excluding carboxylic acids is 1. The summed E-state index contributed by atoms with van der Waals surface area (Å²) < 4.78 is 0.0973. The van der Waals surface area contributed by atoms with Gasteiger partial charge in [0, 0.05) is 13.5 Å². The van der Waals surface area contributed by atoms with E-state index in [1.165, 1.54) is 4.90 Å². The van der Waals surface area contributed by atoms with Gasteiger partial charge in [-0.15, -0.1) is 0 Å². The van der Waals surface area contributed by atoms with Gasteiger partial charge in [-0.1, -0.05) is 22.6 Å². The first kappa shape index (κ1) is 6.98. The summed E-state index contributed by atoms with van der Waals surface area (Å²) in [6.07, 6.45) is 0.496. The Balaban J connectivity index is 2.77. The van der Waals surface area contributed by atoms with Crippen molar-refractivity contribution in [2.45, 2.75) is 10.3 Å². The van der Waals surface area contributed by atoms with Gasteiger partial charge in [-0.05, 0) is 0 Å². The molecule has 0 spiro atoms. The van der Waals surface area contributed by atoms with Crippen LogP contribution >= 0.6 is 22.6 Å². The van der Waals surface area contributed by atoms with E-state index in [9.17, 15) is 4.79 Å². The summed E-state index contributed by atoms with van der Waals surface area (Å²) in [5, 5.41) is 7.29. The van der Waals surface area contributed by atoms with E-state index in [-0.39, 0.29) is 9.83 Å². The number of nitrogens with zero attached hydrogens (tertiary/aromatic N) is 1. The number of carbonyl (C=O) groups is 1. The zero-order chi connectivity index (χ0) is 7.02. The molecule has 1 atom stereocenters. The third kappa shape index (κ3) is 1.08. The van der Waals surface area contributed by atoms with E-state index in [4.69, 9.17) is 5.41 Å². The Labute approximate surface area is 67.1 Å². The molecule has 1 rings (SSSR count). The van der Waals surface area contributed by atoms with Crippen LogP contribution in [0.3, 0.4) is 0 Å². The van der Waals surface area contributed by atoms with E-state index in [2.05, 4.69) is 22.6 Å². The minimum atomic E-state index is 0.0550. The lowest BCUT2D eigenvalue weighted by atomic mass is 10.4. The maximum Gasteiger partial charge on any atom is 0.229 e. The Morgan fingerprint density at radius 2 is 2.44 bits per heavy atom. The van der Waals surface area contributed by atoms with Gasteiger partial charge in [-0.3, -0.25) is 10.2 Å². The highest BCUT2D eigenvalue weighted by Crippen LogP contribution is 2.18. The van der Waals surface area contributed by atoms with Crippen LogP contribution < -0.4 is 0 Å². The highest BCUT2D eigenvalue weighted by atomic mass is 127. The second-order valence-electron chi connectivity index (χ2n) is 2.01. The van der Waals surface area contributed by atoms with Crippen molar-refractivity contribution < 1.29 is 4.79 Å². The van der Waals surface area contributed by atoms with Crippen LogP contribution in [0.15, 0.2) is 0 Å². The lowest BCUT2D eigenvalue weighted by molar-refractivity contribution is -0.124. The number of alkyl halides is 1. The summed E-state index contributed by atoms with van der Waals surface area (Å²) in [4.78, 5) is 12.2. The molecule has 1 unspecified atom stereocenters. The van der Waals surface area contributed by atoms with Gasteiger partial charge in [-0.2, -0.15) is 0 Å².